The molecule has 3 nitrogen and oxygen atoms in total. The van der Waals surface area contributed by atoms with E-state index < -0.39 is 10.8 Å². The highest BCUT2D eigenvalue weighted by molar-refractivity contribution is 7.85. The molecule has 4 heteroatoms. The Morgan fingerprint density at radius 2 is 1.74 bits per heavy atom. The highest BCUT2D eigenvalue weighted by atomic mass is 32.2. The Morgan fingerprint density at radius 3 is 2.22 bits per heavy atom. The van der Waals surface area contributed by atoms with Gasteiger partial charge in [0.05, 0.1) is 5.57 Å². The molecule has 0 aliphatic heterocycles. The van der Waals surface area contributed by atoms with E-state index in [1.807, 2.05) is 13.8 Å². The third-order valence-corrected chi connectivity index (χ3v) is 7.40. The summed E-state index contributed by atoms with van der Waals surface area (Å²) >= 11 is 0. The molecule has 1 N–H and O–H groups in total. The first kappa shape index (κ1) is 21.9. The lowest BCUT2D eigenvalue weighted by Gasteiger charge is -2.27. The van der Waals surface area contributed by atoms with Crippen molar-refractivity contribution in [3.8, 4) is 0 Å². The van der Waals surface area contributed by atoms with E-state index >= 15 is 0 Å². The number of aliphatic hydroxyl groups excluding tert-OH is 1. The third kappa shape index (κ3) is 5.10. The number of Topliss-reactive ketones (excluding diaryl/α,β-unsaturated/α-hetero) is 1. The topological polar surface area (TPSA) is 54.4 Å². The Labute approximate surface area is 166 Å². The first-order valence-electron chi connectivity index (χ1n) is 10.3. The summed E-state index contributed by atoms with van der Waals surface area (Å²) in [6.07, 6.45) is 4.25. The number of hydrogen-bond donors (Lipinski definition) is 1. The Balaban J connectivity index is 2.33. The van der Waals surface area contributed by atoms with Crippen molar-refractivity contribution in [1.29, 1.82) is 0 Å². The molecule has 27 heavy (non-hydrogen) atoms. The lowest BCUT2D eigenvalue weighted by Crippen LogP contribution is -2.25. The van der Waals surface area contributed by atoms with Crippen LogP contribution in [0.4, 0.5) is 0 Å². The molecule has 0 fully saturated rings. The van der Waals surface area contributed by atoms with Gasteiger partial charge in [-0.1, -0.05) is 45.4 Å². The van der Waals surface area contributed by atoms with E-state index in [2.05, 4.69) is 32.9 Å². The largest absolute Gasteiger partial charge is 0.512 e. The summed E-state index contributed by atoms with van der Waals surface area (Å²) in [5, 5.41) is 10.9. The van der Waals surface area contributed by atoms with Crippen molar-refractivity contribution < 1.29 is 14.1 Å². The molecule has 0 amide bonds. The zero-order valence-corrected chi connectivity index (χ0v) is 18.2. The van der Waals surface area contributed by atoms with Gasteiger partial charge in [-0.15, -0.1) is 0 Å². The Kier molecular flexibility index (Phi) is 7.84. The Morgan fingerprint density at radius 1 is 1.15 bits per heavy atom. The number of aryl methyl sites for hydroxylation is 3. The number of hydrogen-bond acceptors (Lipinski definition) is 3. The summed E-state index contributed by atoms with van der Waals surface area (Å²) in [6, 6.07) is 4.26. The van der Waals surface area contributed by atoms with Crippen LogP contribution >= 0.6 is 0 Å². The number of benzene rings is 1. The molecule has 0 saturated carbocycles. The number of carbonyl (C=O) groups excluding carboxylic acids is 1. The molecule has 3 atom stereocenters. The van der Waals surface area contributed by atoms with Gasteiger partial charge in [0.25, 0.3) is 0 Å². The van der Waals surface area contributed by atoms with Crippen molar-refractivity contribution in [3.05, 3.63) is 40.1 Å². The smallest absolute Gasteiger partial charge is 0.167 e. The minimum Gasteiger partial charge on any atom is -0.512 e. The normalized spacial score (nSPS) is 20.0. The summed E-state index contributed by atoms with van der Waals surface area (Å²) < 4.78 is 12.2. The van der Waals surface area contributed by atoms with Crippen LogP contribution in [0.3, 0.4) is 0 Å². The van der Waals surface area contributed by atoms with Gasteiger partial charge in [0, 0.05) is 34.6 Å². The number of carbonyl (C=O) groups is 1. The minimum atomic E-state index is -0.856. The predicted molar refractivity (Wildman–Crippen MR) is 115 cm³/mol. The van der Waals surface area contributed by atoms with Crippen molar-refractivity contribution in [3.63, 3.8) is 0 Å². The van der Waals surface area contributed by atoms with E-state index in [0.717, 1.165) is 42.4 Å². The summed E-state index contributed by atoms with van der Waals surface area (Å²) in [5.74, 6) is 1.04. The average Bonchev–Trinajstić information content (AvgIpc) is 2.61. The molecule has 0 radical (unpaired) electrons. The summed E-state index contributed by atoms with van der Waals surface area (Å²) in [7, 11) is -0.856. The van der Waals surface area contributed by atoms with Crippen LogP contribution in [0.1, 0.15) is 75.6 Å². The first-order chi connectivity index (χ1) is 12.8. The van der Waals surface area contributed by atoms with Crippen LogP contribution in [-0.4, -0.2) is 26.1 Å². The van der Waals surface area contributed by atoms with Crippen molar-refractivity contribution in [1.82, 2.24) is 0 Å². The lowest BCUT2D eigenvalue weighted by molar-refractivity contribution is -0.115. The van der Waals surface area contributed by atoms with Gasteiger partial charge in [-0.2, -0.15) is 0 Å². The SMILES string of the molecule is CCCS(=O)C(C)CC1CC(=O)C(c2c(CC)cc(C)cc2CC)=C(O)C1. The average molecular weight is 391 g/mol. The van der Waals surface area contributed by atoms with Crippen LogP contribution in [0.25, 0.3) is 5.57 Å². The lowest BCUT2D eigenvalue weighted by atomic mass is 9.79. The summed E-state index contributed by atoms with van der Waals surface area (Å²) in [4.78, 5) is 13.0. The zero-order valence-electron chi connectivity index (χ0n) is 17.4. The number of allylic oxidation sites excluding steroid dienone is 2. The highest BCUT2D eigenvalue weighted by Gasteiger charge is 2.32. The number of rotatable bonds is 8. The molecule has 0 heterocycles. The zero-order chi connectivity index (χ0) is 20.1. The molecule has 2 rings (SSSR count). The van der Waals surface area contributed by atoms with E-state index in [9.17, 15) is 14.1 Å². The van der Waals surface area contributed by atoms with Gasteiger partial charge in [-0.3, -0.25) is 9.00 Å². The summed E-state index contributed by atoms with van der Waals surface area (Å²) in [5.41, 5.74) is 4.95. The highest BCUT2D eigenvalue weighted by Crippen LogP contribution is 2.38. The van der Waals surface area contributed by atoms with Crippen LogP contribution in [0.5, 0.6) is 0 Å². The number of ketones is 1. The molecule has 1 aromatic rings. The quantitative estimate of drug-likeness (QED) is 0.655. The fourth-order valence-corrected chi connectivity index (χ4v) is 5.51. The van der Waals surface area contributed by atoms with Crippen LogP contribution in [0.2, 0.25) is 0 Å². The van der Waals surface area contributed by atoms with Crippen molar-refractivity contribution >= 4 is 22.2 Å². The number of aliphatic hydroxyl groups is 1. The van der Waals surface area contributed by atoms with Crippen LogP contribution in [0, 0.1) is 12.8 Å². The second-order valence-corrected chi connectivity index (χ2v) is 9.79. The van der Waals surface area contributed by atoms with Gasteiger partial charge < -0.3 is 5.11 Å². The molecular weight excluding hydrogens is 356 g/mol. The summed E-state index contributed by atoms with van der Waals surface area (Å²) in [6.45, 7) is 10.3. The maximum absolute atomic E-state index is 13.0. The van der Waals surface area contributed by atoms with Crippen LogP contribution in [-0.2, 0) is 28.4 Å². The van der Waals surface area contributed by atoms with Gasteiger partial charge in [0.15, 0.2) is 5.78 Å². The Hall–Kier alpha value is -1.42. The third-order valence-electron chi connectivity index (χ3n) is 5.50. The second-order valence-electron chi connectivity index (χ2n) is 7.82. The standard InChI is InChI=1S/C23H34O3S/c1-6-9-27(26)16(5)12-17-13-20(24)23(21(25)14-17)22-18(7-2)10-15(4)11-19(22)8-3/h10-11,16-17,24H,6-9,12-14H2,1-5H3. The van der Waals surface area contributed by atoms with Crippen LogP contribution in [0.15, 0.2) is 17.9 Å². The Bertz CT molecular complexity index is 723. The van der Waals surface area contributed by atoms with Gasteiger partial charge in [0.2, 0.25) is 0 Å². The van der Waals surface area contributed by atoms with E-state index in [1.165, 1.54) is 5.56 Å². The van der Waals surface area contributed by atoms with Crippen molar-refractivity contribution in [2.45, 2.75) is 78.4 Å². The molecule has 1 aliphatic rings. The van der Waals surface area contributed by atoms with Crippen molar-refractivity contribution in [2.75, 3.05) is 5.75 Å². The maximum atomic E-state index is 13.0. The molecule has 0 spiro atoms. The molecule has 0 saturated heterocycles. The maximum Gasteiger partial charge on any atom is 0.167 e. The van der Waals surface area contributed by atoms with Gasteiger partial charge in [-0.05, 0) is 55.2 Å². The molecule has 0 aromatic heterocycles. The first-order valence-corrected chi connectivity index (χ1v) is 11.7. The molecule has 1 aromatic carbocycles. The van der Waals surface area contributed by atoms with E-state index in [0.29, 0.717) is 24.2 Å². The monoisotopic (exact) mass is 390 g/mol. The van der Waals surface area contributed by atoms with Gasteiger partial charge in [-0.25, -0.2) is 0 Å². The molecular formula is C23H34O3S. The molecule has 3 unspecified atom stereocenters. The fourth-order valence-electron chi connectivity index (χ4n) is 4.22. The predicted octanol–water partition coefficient (Wildman–Crippen LogP) is 5.31. The van der Waals surface area contributed by atoms with E-state index in [-0.39, 0.29) is 22.7 Å². The molecule has 150 valence electrons. The van der Waals surface area contributed by atoms with Gasteiger partial charge >= 0.3 is 0 Å². The molecule has 1 aliphatic carbocycles. The van der Waals surface area contributed by atoms with Crippen LogP contribution < -0.4 is 0 Å². The second kappa shape index (κ2) is 9.68. The van der Waals surface area contributed by atoms with Gasteiger partial charge in [0.1, 0.15) is 5.76 Å². The fraction of sp³-hybridized carbons (Fsp3) is 0.609. The van der Waals surface area contributed by atoms with Crippen molar-refractivity contribution in [2.24, 2.45) is 5.92 Å². The minimum absolute atomic E-state index is 0.0328. The molecule has 0 bridgehead atoms. The van der Waals surface area contributed by atoms with E-state index in [1.54, 1.807) is 0 Å². The van der Waals surface area contributed by atoms with E-state index in [4.69, 9.17) is 0 Å².